The molecule has 1 aliphatic rings. The van der Waals surface area contributed by atoms with Crippen molar-refractivity contribution in [1.29, 1.82) is 0 Å². The number of rotatable bonds is 8. The highest BCUT2D eigenvalue weighted by Gasteiger charge is 2.29. The first-order chi connectivity index (χ1) is 13.3. The van der Waals surface area contributed by atoms with Crippen molar-refractivity contribution in [1.82, 2.24) is 14.8 Å². The van der Waals surface area contributed by atoms with Gasteiger partial charge in [0, 0.05) is 30.3 Å². The minimum atomic E-state index is -2.89. The first kappa shape index (κ1) is 20.9. The van der Waals surface area contributed by atoms with Gasteiger partial charge in [-0.15, -0.1) is 10.2 Å². The second-order valence-electron chi connectivity index (χ2n) is 7.03. The molecule has 0 N–H and O–H groups in total. The first-order valence-corrected chi connectivity index (χ1v) is 12.1. The summed E-state index contributed by atoms with van der Waals surface area (Å²) in [6, 6.07) is 5.47. The van der Waals surface area contributed by atoms with Gasteiger partial charge >= 0.3 is 0 Å². The summed E-state index contributed by atoms with van der Waals surface area (Å²) in [4.78, 5) is 11.7. The van der Waals surface area contributed by atoms with E-state index in [1.54, 1.807) is 13.0 Å². The Labute approximate surface area is 169 Å². The molecule has 0 radical (unpaired) electrons. The molecule has 0 bridgehead atoms. The van der Waals surface area contributed by atoms with Crippen LogP contribution in [0.15, 0.2) is 23.4 Å². The molecule has 9 heteroatoms. The van der Waals surface area contributed by atoms with E-state index in [1.807, 2.05) is 30.7 Å². The van der Waals surface area contributed by atoms with Gasteiger partial charge in [-0.05, 0) is 44.4 Å². The molecule has 28 heavy (non-hydrogen) atoms. The van der Waals surface area contributed by atoms with Crippen molar-refractivity contribution in [2.24, 2.45) is 13.0 Å². The largest absolute Gasteiger partial charge is 0.494 e. The van der Waals surface area contributed by atoms with Crippen LogP contribution in [0.3, 0.4) is 0 Å². The number of hydrogen-bond donors (Lipinski definition) is 0. The Morgan fingerprint density at radius 1 is 1.36 bits per heavy atom. The summed E-state index contributed by atoms with van der Waals surface area (Å²) in [6.45, 7) is 4.02. The van der Waals surface area contributed by atoms with E-state index >= 15 is 0 Å². The number of thioether (sulfide) groups is 1. The molecule has 152 valence electrons. The van der Waals surface area contributed by atoms with E-state index in [-0.39, 0.29) is 23.2 Å². The van der Waals surface area contributed by atoms with Crippen LogP contribution in [0.5, 0.6) is 5.75 Å². The zero-order valence-corrected chi connectivity index (χ0v) is 18.0. The van der Waals surface area contributed by atoms with Crippen LogP contribution in [0, 0.1) is 5.92 Å². The minimum Gasteiger partial charge on any atom is -0.494 e. The molecule has 1 saturated heterocycles. The van der Waals surface area contributed by atoms with Crippen LogP contribution in [-0.2, 0) is 29.1 Å². The maximum Gasteiger partial charge on any atom is 0.191 e. The first-order valence-electron chi connectivity index (χ1n) is 9.27. The van der Waals surface area contributed by atoms with E-state index in [0.717, 1.165) is 22.3 Å². The molecule has 1 aromatic heterocycles. The van der Waals surface area contributed by atoms with Gasteiger partial charge in [-0.1, -0.05) is 11.8 Å². The van der Waals surface area contributed by atoms with Crippen LogP contribution in [0.2, 0.25) is 0 Å². The predicted molar refractivity (Wildman–Crippen MR) is 109 cm³/mol. The van der Waals surface area contributed by atoms with Crippen molar-refractivity contribution in [3.63, 3.8) is 0 Å². The van der Waals surface area contributed by atoms with Crippen molar-refractivity contribution in [3.8, 4) is 5.75 Å². The van der Waals surface area contributed by atoms with Crippen LogP contribution < -0.4 is 4.74 Å². The van der Waals surface area contributed by atoms with Crippen LogP contribution in [0.1, 0.15) is 42.0 Å². The molecule has 0 aliphatic carbocycles. The summed E-state index contributed by atoms with van der Waals surface area (Å²) in [6.07, 6.45) is 1.31. The van der Waals surface area contributed by atoms with Crippen LogP contribution in [0.4, 0.5) is 0 Å². The number of sulfone groups is 1. The van der Waals surface area contributed by atoms with Gasteiger partial charge in [0.25, 0.3) is 0 Å². The summed E-state index contributed by atoms with van der Waals surface area (Å²) in [5, 5.41) is 9.27. The molecule has 1 aliphatic heterocycles. The normalized spacial score (nSPS) is 18.3. The summed E-state index contributed by atoms with van der Waals surface area (Å²) in [7, 11) is -0.994. The highest BCUT2D eigenvalue weighted by Crippen LogP contribution is 2.29. The molecule has 0 amide bonds. The van der Waals surface area contributed by atoms with Crippen molar-refractivity contribution >= 4 is 27.4 Å². The van der Waals surface area contributed by atoms with Gasteiger partial charge in [0.15, 0.2) is 20.8 Å². The monoisotopic (exact) mass is 423 g/mol. The van der Waals surface area contributed by atoms with Gasteiger partial charge in [-0.2, -0.15) is 0 Å². The highest BCUT2D eigenvalue weighted by atomic mass is 32.2. The van der Waals surface area contributed by atoms with Gasteiger partial charge in [0.05, 0.1) is 18.1 Å². The molecular formula is C19H25N3O4S2. The Hall–Kier alpha value is -1.87. The van der Waals surface area contributed by atoms with Gasteiger partial charge in [0.2, 0.25) is 0 Å². The van der Waals surface area contributed by atoms with Crippen LogP contribution in [0.25, 0.3) is 0 Å². The summed E-state index contributed by atoms with van der Waals surface area (Å²) < 4.78 is 30.9. The second-order valence-corrected chi connectivity index (χ2v) is 10.2. The number of Topliss-reactive ketones (excluding diaryl/α,β-unsaturated/α-hetero) is 1. The number of ether oxygens (including phenoxy) is 1. The van der Waals surface area contributed by atoms with Gasteiger partial charge in [-0.25, -0.2) is 8.42 Å². The molecule has 2 aromatic rings. The lowest BCUT2D eigenvalue weighted by Crippen LogP contribution is -2.11. The molecule has 1 fully saturated rings. The Balaban J connectivity index is 1.70. The van der Waals surface area contributed by atoms with Crippen LogP contribution >= 0.6 is 11.8 Å². The number of carbonyl (C=O) groups excluding carboxylic acids is 1. The number of ketones is 1. The molecule has 7 nitrogen and oxygen atoms in total. The third kappa shape index (κ3) is 4.94. The molecule has 1 aromatic carbocycles. The zero-order chi connectivity index (χ0) is 20.3. The van der Waals surface area contributed by atoms with Gasteiger partial charge < -0.3 is 9.30 Å². The third-order valence-electron chi connectivity index (χ3n) is 4.85. The Kier molecular flexibility index (Phi) is 6.44. The second kappa shape index (κ2) is 8.65. The predicted octanol–water partition coefficient (Wildman–Crippen LogP) is 2.69. The zero-order valence-electron chi connectivity index (χ0n) is 16.3. The maximum atomic E-state index is 11.7. The fourth-order valence-electron chi connectivity index (χ4n) is 3.29. The fraction of sp³-hybridized carbons (Fsp3) is 0.526. The van der Waals surface area contributed by atoms with E-state index in [1.165, 1.54) is 11.8 Å². The van der Waals surface area contributed by atoms with E-state index in [9.17, 15) is 13.2 Å². The third-order valence-corrected chi connectivity index (χ3v) is 7.75. The molecule has 0 spiro atoms. The summed E-state index contributed by atoms with van der Waals surface area (Å²) >= 11 is 1.52. The topological polar surface area (TPSA) is 91.2 Å². The van der Waals surface area contributed by atoms with Gasteiger partial charge in [0.1, 0.15) is 11.6 Å². The standard InChI is InChI=1S/C19H25N3O4S2/c1-4-26-17-6-5-15(13(2)23)10-16(17)11-27-19-21-20-18(22(19)3)9-14-7-8-28(24,25)12-14/h5-6,10,14H,4,7-9,11-12H2,1-3H3/t14-/m0/s1. The molecule has 1 atom stereocenters. The SMILES string of the molecule is CCOc1ccc(C(C)=O)cc1CSc1nnc(C[C@@H]2CCS(=O)(=O)C2)n1C. The molecule has 0 unspecified atom stereocenters. The summed E-state index contributed by atoms with van der Waals surface area (Å²) in [5.74, 6) is 2.79. The number of nitrogens with zero attached hydrogens (tertiary/aromatic N) is 3. The van der Waals surface area contributed by atoms with Crippen LogP contribution in [-0.4, -0.2) is 47.1 Å². The van der Waals surface area contributed by atoms with E-state index in [0.29, 0.717) is 30.8 Å². The van der Waals surface area contributed by atoms with Gasteiger partial charge in [-0.3, -0.25) is 4.79 Å². The maximum absolute atomic E-state index is 11.7. The Morgan fingerprint density at radius 3 is 2.79 bits per heavy atom. The lowest BCUT2D eigenvalue weighted by molar-refractivity contribution is 0.101. The van der Waals surface area contributed by atoms with Crippen molar-refractivity contribution in [3.05, 3.63) is 35.2 Å². The average molecular weight is 424 g/mol. The number of aromatic nitrogens is 3. The fourth-order valence-corrected chi connectivity index (χ4v) is 6.06. The molecular weight excluding hydrogens is 398 g/mol. The van der Waals surface area contributed by atoms with Crippen molar-refractivity contribution in [2.75, 3.05) is 18.1 Å². The number of benzene rings is 1. The van der Waals surface area contributed by atoms with E-state index in [4.69, 9.17) is 4.74 Å². The Bertz CT molecular complexity index is 970. The smallest absolute Gasteiger partial charge is 0.191 e. The van der Waals surface area contributed by atoms with E-state index < -0.39 is 9.84 Å². The van der Waals surface area contributed by atoms with Crippen molar-refractivity contribution < 1.29 is 17.9 Å². The quantitative estimate of drug-likeness (QED) is 0.476. The molecule has 0 saturated carbocycles. The lowest BCUT2D eigenvalue weighted by atomic mass is 10.1. The summed E-state index contributed by atoms with van der Waals surface area (Å²) in [5.41, 5.74) is 1.59. The Morgan fingerprint density at radius 2 is 2.14 bits per heavy atom. The lowest BCUT2D eigenvalue weighted by Gasteiger charge is -2.11. The highest BCUT2D eigenvalue weighted by molar-refractivity contribution is 7.98. The number of carbonyl (C=O) groups is 1. The minimum absolute atomic E-state index is 0.0155. The molecule has 2 heterocycles. The average Bonchev–Trinajstić information content (AvgIpc) is 3.16. The van der Waals surface area contributed by atoms with Crippen molar-refractivity contribution in [2.45, 2.75) is 37.6 Å². The molecule has 3 rings (SSSR count). The number of hydrogen-bond acceptors (Lipinski definition) is 7. The van der Waals surface area contributed by atoms with E-state index in [2.05, 4.69) is 10.2 Å².